The van der Waals surface area contributed by atoms with Crippen LogP contribution >= 0.6 is 35.3 Å². The maximum atomic E-state index is 13.6. The van der Waals surface area contributed by atoms with Gasteiger partial charge in [0, 0.05) is 51.4 Å². The van der Waals surface area contributed by atoms with Gasteiger partial charge in [-0.25, -0.2) is 9.97 Å². The minimum absolute atomic E-state index is 0. The Morgan fingerprint density at radius 1 is 1.41 bits per heavy atom. The van der Waals surface area contributed by atoms with Crippen molar-refractivity contribution in [3.05, 3.63) is 34.3 Å². The summed E-state index contributed by atoms with van der Waals surface area (Å²) in [6, 6.07) is 0. The van der Waals surface area contributed by atoms with Crippen molar-refractivity contribution in [1.82, 2.24) is 24.8 Å². The van der Waals surface area contributed by atoms with E-state index in [-0.39, 0.29) is 30.5 Å². The summed E-state index contributed by atoms with van der Waals surface area (Å²) in [7, 11) is 3.20. The standard InChI is InChI=1S/C17H25F3N6OS.HI/c1-5-21-15(26(4)10-13-11-28-12(2)24-13)23-7-6-16(27,17(18,19)20)14-22-8-9-25(14)3;/h8-9,11,27H,5-7,10H2,1-4H3,(H,21,23);1H. The molecule has 7 nitrogen and oxygen atoms in total. The van der Waals surface area contributed by atoms with E-state index in [1.807, 2.05) is 19.2 Å². The molecule has 2 aromatic rings. The zero-order valence-electron chi connectivity index (χ0n) is 16.7. The van der Waals surface area contributed by atoms with Gasteiger partial charge in [0.2, 0.25) is 5.60 Å². The third kappa shape index (κ3) is 6.28. The molecule has 0 radical (unpaired) electrons. The average molecular weight is 546 g/mol. The third-order valence-electron chi connectivity index (χ3n) is 4.16. The zero-order chi connectivity index (χ0) is 20.9. The molecule has 0 saturated heterocycles. The molecule has 2 rings (SSSR count). The summed E-state index contributed by atoms with van der Waals surface area (Å²) in [6.45, 7) is 4.58. The number of aryl methyl sites for hydroxylation is 2. The second-order valence-electron chi connectivity index (χ2n) is 6.42. The molecule has 2 N–H and O–H groups in total. The quantitative estimate of drug-likeness (QED) is 0.317. The molecule has 29 heavy (non-hydrogen) atoms. The molecular weight excluding hydrogens is 520 g/mol. The molecule has 164 valence electrons. The fourth-order valence-corrected chi connectivity index (χ4v) is 3.34. The van der Waals surface area contributed by atoms with E-state index in [0.717, 1.165) is 10.7 Å². The van der Waals surface area contributed by atoms with Gasteiger partial charge in [-0.3, -0.25) is 4.99 Å². The molecule has 12 heteroatoms. The van der Waals surface area contributed by atoms with Crippen LogP contribution in [0.1, 0.15) is 29.9 Å². The molecule has 1 unspecified atom stereocenters. The molecule has 0 aliphatic carbocycles. The molecule has 0 saturated carbocycles. The highest BCUT2D eigenvalue weighted by Crippen LogP contribution is 2.40. The number of thiazole rings is 1. The Balaban J connectivity index is 0.00000420. The fourth-order valence-electron chi connectivity index (χ4n) is 2.74. The van der Waals surface area contributed by atoms with Crippen LogP contribution in [0, 0.1) is 6.92 Å². The Labute approximate surface area is 189 Å². The summed E-state index contributed by atoms with van der Waals surface area (Å²) in [5, 5.41) is 16.3. The molecule has 0 spiro atoms. The summed E-state index contributed by atoms with van der Waals surface area (Å²) in [5.41, 5.74) is -2.22. The molecule has 0 fully saturated rings. The molecule has 0 aliphatic rings. The van der Waals surface area contributed by atoms with Crippen LogP contribution in [0.15, 0.2) is 22.8 Å². The number of guanidine groups is 1. The van der Waals surface area contributed by atoms with Crippen molar-refractivity contribution in [1.29, 1.82) is 0 Å². The molecule has 2 heterocycles. The smallest absolute Gasteiger partial charge is 0.374 e. The normalized spacial score (nSPS) is 14.3. The Bertz CT molecular complexity index is 809. The number of alkyl halides is 3. The molecular formula is C17H26F3IN6OS. The minimum Gasteiger partial charge on any atom is -0.374 e. The van der Waals surface area contributed by atoms with Crippen LogP contribution in [0.3, 0.4) is 0 Å². The van der Waals surface area contributed by atoms with E-state index >= 15 is 0 Å². The molecule has 2 aromatic heterocycles. The van der Waals surface area contributed by atoms with E-state index in [2.05, 4.69) is 20.3 Å². The number of imidazole rings is 1. The molecule has 0 aliphatic heterocycles. The van der Waals surface area contributed by atoms with Crippen LogP contribution < -0.4 is 5.32 Å². The maximum absolute atomic E-state index is 13.6. The highest BCUT2D eigenvalue weighted by Gasteiger charge is 2.57. The number of aliphatic imine (C=N–C) groups is 1. The van der Waals surface area contributed by atoms with Crippen molar-refractivity contribution in [2.24, 2.45) is 12.0 Å². The van der Waals surface area contributed by atoms with Crippen molar-refractivity contribution in [3.8, 4) is 0 Å². The van der Waals surface area contributed by atoms with Gasteiger partial charge in [0.1, 0.15) is 5.82 Å². The number of nitrogens with one attached hydrogen (secondary N) is 1. The predicted octanol–water partition coefficient (Wildman–Crippen LogP) is 3.04. The van der Waals surface area contributed by atoms with Gasteiger partial charge in [-0.1, -0.05) is 0 Å². The first-order chi connectivity index (χ1) is 13.1. The molecule has 0 aromatic carbocycles. The molecule has 0 bridgehead atoms. The van der Waals surface area contributed by atoms with Crippen LogP contribution in [0.5, 0.6) is 0 Å². The van der Waals surface area contributed by atoms with Crippen LogP contribution in [0.25, 0.3) is 0 Å². The summed E-state index contributed by atoms with van der Waals surface area (Å²) >= 11 is 1.53. The summed E-state index contributed by atoms with van der Waals surface area (Å²) in [4.78, 5) is 14.1. The van der Waals surface area contributed by atoms with Crippen LogP contribution in [0.4, 0.5) is 13.2 Å². The lowest BCUT2D eigenvalue weighted by Crippen LogP contribution is -2.45. The first kappa shape index (κ1) is 25.6. The first-order valence-corrected chi connectivity index (χ1v) is 9.63. The van der Waals surface area contributed by atoms with Crippen molar-refractivity contribution in [3.63, 3.8) is 0 Å². The van der Waals surface area contributed by atoms with Gasteiger partial charge in [0.05, 0.1) is 17.2 Å². The minimum atomic E-state index is -4.87. The van der Waals surface area contributed by atoms with E-state index in [1.54, 1.807) is 11.9 Å². The zero-order valence-corrected chi connectivity index (χ0v) is 19.8. The highest BCUT2D eigenvalue weighted by molar-refractivity contribution is 14.0. The van der Waals surface area contributed by atoms with Crippen molar-refractivity contribution in [2.45, 2.75) is 38.6 Å². The summed E-state index contributed by atoms with van der Waals surface area (Å²) < 4.78 is 41.9. The van der Waals surface area contributed by atoms with Gasteiger partial charge in [-0.05, 0) is 13.8 Å². The SMILES string of the molecule is CCNC(=NCCC(O)(c1nccn1C)C(F)(F)F)N(C)Cc1csc(C)n1.I. The molecule has 0 amide bonds. The summed E-state index contributed by atoms with van der Waals surface area (Å²) in [6.07, 6.45) is -2.92. The Kier molecular flexibility index (Phi) is 9.34. The van der Waals surface area contributed by atoms with Crippen molar-refractivity contribution < 1.29 is 18.3 Å². The van der Waals surface area contributed by atoms with Crippen LogP contribution in [-0.2, 0) is 19.2 Å². The maximum Gasteiger partial charge on any atom is 0.424 e. The predicted molar refractivity (Wildman–Crippen MR) is 117 cm³/mol. The highest BCUT2D eigenvalue weighted by atomic mass is 127. The van der Waals surface area contributed by atoms with Crippen molar-refractivity contribution in [2.75, 3.05) is 20.1 Å². The van der Waals surface area contributed by atoms with E-state index in [1.165, 1.54) is 35.3 Å². The van der Waals surface area contributed by atoms with Crippen LogP contribution in [0.2, 0.25) is 0 Å². The number of nitrogens with zero attached hydrogens (tertiary/aromatic N) is 5. The lowest BCUT2D eigenvalue weighted by atomic mass is 9.98. The third-order valence-corrected chi connectivity index (χ3v) is 4.98. The largest absolute Gasteiger partial charge is 0.424 e. The van der Waals surface area contributed by atoms with E-state index in [9.17, 15) is 18.3 Å². The van der Waals surface area contributed by atoms with E-state index in [0.29, 0.717) is 19.0 Å². The van der Waals surface area contributed by atoms with Gasteiger partial charge >= 0.3 is 6.18 Å². The van der Waals surface area contributed by atoms with Gasteiger partial charge in [-0.15, -0.1) is 35.3 Å². The number of rotatable bonds is 7. The Morgan fingerprint density at radius 2 is 2.10 bits per heavy atom. The van der Waals surface area contributed by atoms with E-state index < -0.39 is 24.0 Å². The van der Waals surface area contributed by atoms with Crippen LogP contribution in [-0.4, -0.2) is 56.8 Å². The Hall–Kier alpha value is -1.41. The number of halogens is 4. The van der Waals surface area contributed by atoms with Gasteiger partial charge in [0.25, 0.3) is 0 Å². The second-order valence-corrected chi connectivity index (χ2v) is 7.48. The average Bonchev–Trinajstić information content (AvgIpc) is 3.21. The van der Waals surface area contributed by atoms with E-state index in [4.69, 9.17) is 0 Å². The topological polar surface area (TPSA) is 78.6 Å². The number of aliphatic hydroxyl groups is 1. The number of hydrogen-bond donors (Lipinski definition) is 2. The Morgan fingerprint density at radius 3 is 2.59 bits per heavy atom. The van der Waals surface area contributed by atoms with Gasteiger partial charge < -0.3 is 19.9 Å². The van der Waals surface area contributed by atoms with Gasteiger partial charge in [0.15, 0.2) is 5.96 Å². The lowest BCUT2D eigenvalue weighted by molar-refractivity contribution is -0.272. The summed E-state index contributed by atoms with van der Waals surface area (Å²) in [5.74, 6) is -0.0102. The fraction of sp³-hybridized carbons (Fsp3) is 0.588. The van der Waals surface area contributed by atoms with Crippen molar-refractivity contribution >= 4 is 41.3 Å². The number of aromatic nitrogens is 3. The second kappa shape index (κ2) is 10.6. The first-order valence-electron chi connectivity index (χ1n) is 8.76. The number of hydrogen-bond acceptors (Lipinski definition) is 5. The monoisotopic (exact) mass is 546 g/mol. The van der Waals surface area contributed by atoms with Gasteiger partial charge in [-0.2, -0.15) is 13.2 Å². The molecule has 1 atom stereocenters. The lowest BCUT2D eigenvalue weighted by Gasteiger charge is -2.29.